The van der Waals surface area contributed by atoms with Crippen LogP contribution in [0.2, 0.25) is 0 Å². The molecule has 0 saturated heterocycles. The van der Waals surface area contributed by atoms with Crippen LogP contribution >= 0.6 is 0 Å². The molecule has 0 unspecified atom stereocenters. The zero-order valence-electron chi connectivity index (χ0n) is 10.1. The number of carboxylic acids is 1. The smallest absolute Gasteiger partial charge is 0.397 e. The number of hydrogen-bond donors (Lipinski definition) is 3. The lowest BCUT2D eigenvalue weighted by Crippen LogP contribution is -2.43. The Kier molecular flexibility index (Phi) is 4.95. The van der Waals surface area contributed by atoms with E-state index in [4.69, 9.17) is 10.2 Å². The number of carbonyl (C=O) groups excluding carboxylic acids is 1. The molecule has 0 heterocycles. The first kappa shape index (κ1) is 15.8. The number of aliphatic carboxylic acids is 1. The number of halogens is 3. The minimum absolute atomic E-state index is 0.0262. The van der Waals surface area contributed by atoms with E-state index < -0.39 is 30.5 Å². The topological polar surface area (TPSA) is 86.6 Å². The number of aromatic hydroxyl groups is 1. The molecule has 0 aliphatic carbocycles. The Hall–Kier alpha value is -2.25. The number of nitrogens with one attached hydrogen (secondary N) is 1. The molecule has 1 atom stereocenters. The van der Waals surface area contributed by atoms with Crippen molar-refractivity contribution in [2.24, 2.45) is 0 Å². The molecular weight excluding hydrogens is 279 g/mol. The molecule has 1 aromatic carbocycles. The van der Waals surface area contributed by atoms with Crippen molar-refractivity contribution in [3.05, 3.63) is 29.8 Å². The van der Waals surface area contributed by atoms with Crippen LogP contribution in [0.5, 0.6) is 5.75 Å². The van der Waals surface area contributed by atoms with E-state index in [9.17, 15) is 22.8 Å². The van der Waals surface area contributed by atoms with Gasteiger partial charge in [0, 0.05) is 6.42 Å². The van der Waals surface area contributed by atoms with Gasteiger partial charge in [0.1, 0.15) is 18.2 Å². The number of rotatable bonds is 5. The Bertz CT molecular complexity index is 484. The second-order valence-corrected chi connectivity index (χ2v) is 4.12. The second-order valence-electron chi connectivity index (χ2n) is 4.12. The van der Waals surface area contributed by atoms with E-state index in [1.165, 1.54) is 24.3 Å². The lowest BCUT2D eigenvalue weighted by atomic mass is 10.1. The third kappa shape index (κ3) is 5.59. The Labute approximate surface area is 112 Å². The molecule has 8 heteroatoms. The van der Waals surface area contributed by atoms with Gasteiger partial charge in [-0.15, -0.1) is 0 Å². The molecule has 1 aromatic rings. The molecule has 0 saturated carbocycles. The number of alkyl halides is 3. The zero-order chi connectivity index (χ0) is 15.3. The molecule has 0 bridgehead atoms. The van der Waals surface area contributed by atoms with E-state index in [0.29, 0.717) is 5.56 Å². The van der Waals surface area contributed by atoms with E-state index in [0.717, 1.165) is 0 Å². The van der Waals surface area contributed by atoms with Gasteiger partial charge in [-0.3, -0.25) is 4.79 Å². The Morgan fingerprint density at radius 1 is 1.20 bits per heavy atom. The van der Waals surface area contributed by atoms with Crippen molar-refractivity contribution < 1.29 is 33.0 Å². The van der Waals surface area contributed by atoms with Crippen LogP contribution in [0.3, 0.4) is 0 Å². The lowest BCUT2D eigenvalue weighted by Gasteiger charge is -2.15. The van der Waals surface area contributed by atoms with Crippen molar-refractivity contribution in [1.29, 1.82) is 0 Å². The monoisotopic (exact) mass is 291 g/mol. The number of carbonyl (C=O) groups is 2. The maximum atomic E-state index is 12.0. The molecule has 0 aliphatic heterocycles. The highest BCUT2D eigenvalue weighted by molar-refractivity contribution is 5.84. The fraction of sp³-hybridized carbons (Fsp3) is 0.333. The van der Waals surface area contributed by atoms with Crippen LogP contribution in [-0.4, -0.2) is 34.3 Å². The van der Waals surface area contributed by atoms with Crippen molar-refractivity contribution in [2.75, 3.05) is 0 Å². The minimum atomic E-state index is -4.69. The van der Waals surface area contributed by atoms with Crippen molar-refractivity contribution >= 4 is 11.9 Å². The second kappa shape index (κ2) is 6.27. The summed E-state index contributed by atoms with van der Waals surface area (Å²) in [5.74, 6) is -2.86. The van der Waals surface area contributed by atoms with Crippen molar-refractivity contribution in [1.82, 2.24) is 5.32 Å². The number of benzene rings is 1. The van der Waals surface area contributed by atoms with Crippen LogP contribution in [-0.2, 0) is 16.0 Å². The van der Waals surface area contributed by atoms with E-state index in [-0.39, 0.29) is 12.2 Å². The summed E-state index contributed by atoms with van der Waals surface area (Å²) >= 11 is 0. The minimum Gasteiger partial charge on any atom is -0.508 e. The summed E-state index contributed by atoms with van der Waals surface area (Å²) < 4.78 is 36.0. The molecule has 1 amide bonds. The SMILES string of the molecule is O=C(CC(F)(F)F)N[C@@H](Cc1ccc(O)cc1)C(=O)O. The van der Waals surface area contributed by atoms with Crippen molar-refractivity contribution in [3.63, 3.8) is 0 Å². The average molecular weight is 291 g/mol. The summed E-state index contributed by atoms with van der Waals surface area (Å²) in [5, 5.41) is 19.8. The number of hydrogen-bond acceptors (Lipinski definition) is 3. The number of phenolic OH excluding ortho intramolecular Hbond substituents is 1. The first-order valence-electron chi connectivity index (χ1n) is 5.54. The van der Waals surface area contributed by atoms with Crippen molar-refractivity contribution in [3.8, 4) is 5.75 Å². The van der Waals surface area contributed by atoms with Crippen LogP contribution in [0.25, 0.3) is 0 Å². The normalized spacial score (nSPS) is 12.8. The summed E-state index contributed by atoms with van der Waals surface area (Å²) in [6.07, 6.45) is -6.60. The average Bonchev–Trinajstić information content (AvgIpc) is 2.28. The van der Waals surface area contributed by atoms with Crippen LogP contribution < -0.4 is 5.32 Å². The number of phenols is 1. The summed E-state index contributed by atoms with van der Waals surface area (Å²) in [6, 6.07) is 3.99. The van der Waals surface area contributed by atoms with E-state index in [1.54, 1.807) is 0 Å². The van der Waals surface area contributed by atoms with Gasteiger partial charge < -0.3 is 15.5 Å². The third-order valence-electron chi connectivity index (χ3n) is 2.37. The Morgan fingerprint density at radius 3 is 2.20 bits per heavy atom. The van der Waals surface area contributed by atoms with E-state index >= 15 is 0 Å². The predicted molar refractivity (Wildman–Crippen MR) is 62.0 cm³/mol. The molecule has 1 rings (SSSR count). The fourth-order valence-electron chi connectivity index (χ4n) is 1.50. The number of amides is 1. The lowest BCUT2D eigenvalue weighted by molar-refractivity contribution is -0.156. The van der Waals surface area contributed by atoms with Gasteiger partial charge in [-0.25, -0.2) is 4.79 Å². The molecule has 5 nitrogen and oxygen atoms in total. The summed E-state index contributed by atoms with van der Waals surface area (Å²) in [4.78, 5) is 22.0. The summed E-state index contributed by atoms with van der Waals surface area (Å²) in [6.45, 7) is 0. The standard InChI is InChI=1S/C12H12F3NO4/c13-12(14,15)6-10(18)16-9(11(19)20)5-7-1-3-8(17)4-2-7/h1-4,9,17H,5-6H2,(H,16,18)(H,19,20)/t9-/m0/s1. The van der Waals surface area contributed by atoms with Gasteiger partial charge in [0.2, 0.25) is 5.91 Å². The quantitative estimate of drug-likeness (QED) is 0.766. The molecule has 20 heavy (non-hydrogen) atoms. The van der Waals surface area contributed by atoms with Gasteiger partial charge in [0.25, 0.3) is 0 Å². The van der Waals surface area contributed by atoms with Gasteiger partial charge in [0.15, 0.2) is 0 Å². The molecule has 110 valence electrons. The molecular formula is C12H12F3NO4. The fourth-order valence-corrected chi connectivity index (χ4v) is 1.50. The molecule has 0 spiro atoms. The zero-order valence-corrected chi connectivity index (χ0v) is 10.1. The van der Waals surface area contributed by atoms with Gasteiger partial charge in [-0.05, 0) is 17.7 Å². The first-order chi connectivity index (χ1) is 9.17. The predicted octanol–water partition coefficient (Wildman–Crippen LogP) is 1.46. The van der Waals surface area contributed by atoms with E-state index in [2.05, 4.69) is 0 Å². The summed E-state index contributed by atoms with van der Waals surface area (Å²) in [5.41, 5.74) is 0.461. The van der Waals surface area contributed by atoms with Gasteiger partial charge in [0.05, 0.1) is 0 Å². The van der Waals surface area contributed by atoms with Crippen LogP contribution in [0.4, 0.5) is 13.2 Å². The maximum Gasteiger partial charge on any atom is 0.397 e. The summed E-state index contributed by atoms with van der Waals surface area (Å²) in [7, 11) is 0. The van der Waals surface area contributed by atoms with Gasteiger partial charge in [-0.1, -0.05) is 12.1 Å². The molecule has 0 aliphatic rings. The highest BCUT2D eigenvalue weighted by Crippen LogP contribution is 2.19. The van der Waals surface area contributed by atoms with Crippen LogP contribution in [0.15, 0.2) is 24.3 Å². The van der Waals surface area contributed by atoms with Crippen molar-refractivity contribution in [2.45, 2.75) is 25.1 Å². The van der Waals surface area contributed by atoms with E-state index in [1.807, 2.05) is 5.32 Å². The molecule has 0 aromatic heterocycles. The largest absolute Gasteiger partial charge is 0.508 e. The molecule has 3 N–H and O–H groups in total. The highest BCUT2D eigenvalue weighted by atomic mass is 19.4. The highest BCUT2D eigenvalue weighted by Gasteiger charge is 2.33. The maximum absolute atomic E-state index is 12.0. The first-order valence-corrected chi connectivity index (χ1v) is 5.54. The number of carboxylic acid groups (broad SMARTS) is 1. The Morgan fingerprint density at radius 2 is 1.75 bits per heavy atom. The van der Waals surface area contributed by atoms with Gasteiger partial charge in [-0.2, -0.15) is 13.2 Å². The molecule has 0 fully saturated rings. The van der Waals surface area contributed by atoms with Gasteiger partial charge >= 0.3 is 12.1 Å². The van der Waals surface area contributed by atoms with Crippen LogP contribution in [0, 0.1) is 0 Å². The van der Waals surface area contributed by atoms with Crippen LogP contribution in [0.1, 0.15) is 12.0 Å². The molecule has 0 radical (unpaired) electrons. The Balaban J connectivity index is 2.68. The third-order valence-corrected chi connectivity index (χ3v) is 2.37.